The fraction of sp³-hybridized carbons (Fsp3) is 0.219. The van der Waals surface area contributed by atoms with Gasteiger partial charge in [0.05, 0.1) is 22.4 Å². The van der Waals surface area contributed by atoms with E-state index in [2.05, 4.69) is 4.90 Å². The number of phenols is 1. The van der Waals surface area contributed by atoms with E-state index in [-0.39, 0.29) is 28.8 Å². The first-order valence-corrected chi connectivity index (χ1v) is 15.4. The first-order valence-electron chi connectivity index (χ1n) is 13.4. The molecule has 1 heterocycles. The molecule has 1 aliphatic heterocycles. The Balaban J connectivity index is 1.40. The van der Waals surface area contributed by atoms with Crippen LogP contribution in [0.15, 0.2) is 97.1 Å². The Morgan fingerprint density at radius 2 is 1.59 bits per heavy atom. The highest BCUT2D eigenvalue weighted by Crippen LogP contribution is 2.47. The van der Waals surface area contributed by atoms with Crippen molar-refractivity contribution < 1.29 is 29.0 Å². The maximum absolute atomic E-state index is 13.3. The number of aromatic hydroxyl groups is 1. The highest BCUT2D eigenvalue weighted by atomic mass is 32.1. The summed E-state index contributed by atoms with van der Waals surface area (Å²) in [5, 5.41) is 21.9. The summed E-state index contributed by atoms with van der Waals surface area (Å²) in [7, 11) is -4.34. The van der Waals surface area contributed by atoms with E-state index in [1.54, 1.807) is 30.3 Å². The monoisotopic (exact) mass is 591 g/mol. The van der Waals surface area contributed by atoms with Crippen LogP contribution in [0.1, 0.15) is 49.0 Å². The highest BCUT2D eigenvalue weighted by Gasteiger charge is 2.40. The van der Waals surface area contributed by atoms with Crippen molar-refractivity contribution in [1.82, 2.24) is 0 Å². The predicted octanol–water partition coefficient (Wildman–Crippen LogP) is 6.80. The summed E-state index contributed by atoms with van der Waals surface area (Å²) < 4.78 is 24.8. The molecule has 4 N–H and O–H groups in total. The van der Waals surface area contributed by atoms with Crippen LogP contribution in [0.2, 0.25) is 0 Å². The Bertz CT molecular complexity index is 1560. The lowest BCUT2D eigenvalue weighted by Gasteiger charge is -2.31. The molecule has 4 aromatic carbocycles. The van der Waals surface area contributed by atoms with Gasteiger partial charge in [-0.3, -0.25) is 4.57 Å². The van der Waals surface area contributed by atoms with E-state index in [1.165, 1.54) is 24.3 Å². The van der Waals surface area contributed by atoms with E-state index in [0.717, 1.165) is 34.6 Å². The molecule has 0 amide bonds. The highest BCUT2D eigenvalue weighted by molar-refractivity contribution is 7.80. The van der Waals surface area contributed by atoms with E-state index < -0.39 is 13.7 Å². The largest absolute Gasteiger partial charge is 0.508 e. The van der Waals surface area contributed by atoms with Crippen LogP contribution in [0, 0.1) is 11.7 Å². The molecule has 6 nitrogen and oxygen atoms in total. The molecule has 3 atom stereocenters. The zero-order chi connectivity index (χ0) is 29.1. The topological polar surface area (TPSA) is 101 Å². The predicted molar refractivity (Wildman–Crippen MR) is 163 cm³/mol. The van der Waals surface area contributed by atoms with Crippen LogP contribution < -0.4 is 10.2 Å². The lowest BCUT2D eigenvalue weighted by molar-refractivity contribution is 0.160. The number of benzene rings is 4. The van der Waals surface area contributed by atoms with Gasteiger partial charge >= 0.3 is 7.60 Å². The second-order valence-corrected chi connectivity index (χ2v) is 12.4. The van der Waals surface area contributed by atoms with Gasteiger partial charge < -0.3 is 24.9 Å². The number of hydrogen-bond donors (Lipinski definition) is 4. The number of anilines is 1. The first-order chi connectivity index (χ1) is 19.6. The molecule has 212 valence electrons. The summed E-state index contributed by atoms with van der Waals surface area (Å²) in [6, 6.07) is 27.0. The summed E-state index contributed by atoms with van der Waals surface area (Å²) >= 11 is 5.85. The number of nitrogens with zero attached hydrogens (tertiary/aromatic N) is 1. The Labute approximate surface area is 243 Å². The second kappa shape index (κ2) is 12.2. The van der Waals surface area contributed by atoms with Gasteiger partial charge in [-0.15, -0.1) is 0 Å². The minimum Gasteiger partial charge on any atom is -0.508 e. The Hall–Kier alpha value is -3.39. The van der Waals surface area contributed by atoms with Crippen LogP contribution >= 0.6 is 19.8 Å². The molecule has 4 aromatic rings. The third kappa shape index (κ3) is 6.58. The molecule has 0 spiro atoms. The Morgan fingerprint density at radius 3 is 2.22 bits per heavy atom. The van der Waals surface area contributed by atoms with Crippen molar-refractivity contribution in [2.45, 2.75) is 37.8 Å². The van der Waals surface area contributed by atoms with Crippen molar-refractivity contribution in [3.63, 3.8) is 0 Å². The van der Waals surface area contributed by atoms with Gasteiger partial charge in [0.2, 0.25) is 0 Å². The molecule has 5 rings (SSSR count). The average Bonchev–Trinajstić information content (AvgIpc) is 3.28. The number of rotatable bonds is 9. The van der Waals surface area contributed by atoms with Gasteiger partial charge in [0, 0.05) is 17.7 Å². The molecule has 0 radical (unpaired) electrons. The number of para-hydroxylation sites is 1. The van der Waals surface area contributed by atoms with Crippen molar-refractivity contribution >= 4 is 35.8 Å². The summed E-state index contributed by atoms with van der Waals surface area (Å²) in [6.45, 7) is 0. The molecule has 41 heavy (non-hydrogen) atoms. The third-order valence-electron chi connectivity index (χ3n) is 7.66. The minimum atomic E-state index is -4.34. The van der Waals surface area contributed by atoms with Crippen molar-refractivity contribution in [3.05, 3.63) is 114 Å². The van der Waals surface area contributed by atoms with E-state index in [0.29, 0.717) is 24.0 Å². The standard InChI is InChI=1S/C32H31FNO5PS/c33-25-14-9-22(10-15-25)29(35)8-4-5-24-20-31(41)34(26-6-2-1-3-7-26)32(24)28-18-13-23(19-30(28)36)21-11-16-27(17-12-21)40(37,38)39/h1-3,6-7,9-19,24,29,32,35-36H,4-5,8,20H2,(H2,37,38,39)/t24-,29+,32-/m0/s1. The normalized spacial score (nSPS) is 18.0. The number of aliphatic hydroxyl groups excluding tert-OH is 1. The smallest absolute Gasteiger partial charge is 0.356 e. The molecule has 9 heteroatoms. The maximum Gasteiger partial charge on any atom is 0.356 e. The summed E-state index contributed by atoms with van der Waals surface area (Å²) in [5.41, 5.74) is 3.78. The SMILES string of the molecule is O=P(O)(O)c1ccc(-c2ccc([C@@H]3[C@@H](CCC[C@@H](O)c4ccc(F)cc4)CC(=S)N3c3ccccc3)c(O)c2)cc1. The lowest BCUT2D eigenvalue weighted by atomic mass is 9.87. The molecule has 0 aromatic heterocycles. The third-order valence-corrected chi connectivity index (χ3v) is 8.99. The fourth-order valence-corrected chi connectivity index (χ4v) is 6.56. The Morgan fingerprint density at radius 1 is 0.927 bits per heavy atom. The summed E-state index contributed by atoms with van der Waals surface area (Å²) in [6.07, 6.45) is 1.96. The number of halogens is 1. The number of thiocarbonyl (C=S) groups is 1. The lowest BCUT2D eigenvalue weighted by Crippen LogP contribution is -2.28. The quantitative estimate of drug-likeness (QED) is 0.125. The Kier molecular flexibility index (Phi) is 8.68. The second-order valence-electron chi connectivity index (χ2n) is 10.4. The van der Waals surface area contributed by atoms with Gasteiger partial charge in [0.25, 0.3) is 0 Å². The van der Waals surface area contributed by atoms with Crippen LogP contribution in [0.3, 0.4) is 0 Å². The van der Waals surface area contributed by atoms with Crippen LogP contribution in [-0.4, -0.2) is 25.0 Å². The summed E-state index contributed by atoms with van der Waals surface area (Å²) in [4.78, 5) is 21.7. The maximum atomic E-state index is 13.3. The number of phenolic OH excluding ortho intramolecular Hbond substituents is 1. The van der Waals surface area contributed by atoms with Crippen LogP contribution in [0.4, 0.5) is 10.1 Å². The van der Waals surface area contributed by atoms with Gasteiger partial charge in [-0.05, 0) is 77.9 Å². The minimum absolute atomic E-state index is 0.0625. The van der Waals surface area contributed by atoms with Crippen LogP contribution in [-0.2, 0) is 4.57 Å². The molecule has 0 bridgehead atoms. The zero-order valence-electron chi connectivity index (χ0n) is 22.2. The molecule has 0 saturated carbocycles. The molecule has 1 fully saturated rings. The summed E-state index contributed by atoms with van der Waals surface area (Å²) in [5.74, 6) is -0.149. The molecular formula is C32H31FNO5PS. The van der Waals surface area contributed by atoms with E-state index >= 15 is 0 Å². The van der Waals surface area contributed by atoms with Gasteiger partial charge in [0.15, 0.2) is 0 Å². The van der Waals surface area contributed by atoms with Crippen LogP contribution in [0.25, 0.3) is 11.1 Å². The molecule has 0 unspecified atom stereocenters. The molecule has 1 aliphatic rings. The van der Waals surface area contributed by atoms with Gasteiger partial charge in [-0.1, -0.05) is 73.2 Å². The average molecular weight is 592 g/mol. The van der Waals surface area contributed by atoms with Crippen molar-refractivity contribution in [2.24, 2.45) is 5.92 Å². The first kappa shape index (κ1) is 29.1. The van der Waals surface area contributed by atoms with Crippen LogP contribution in [0.5, 0.6) is 5.75 Å². The number of hydrogen-bond acceptors (Lipinski definition) is 4. The van der Waals surface area contributed by atoms with E-state index in [9.17, 15) is 29.0 Å². The van der Waals surface area contributed by atoms with Gasteiger partial charge in [-0.25, -0.2) is 4.39 Å². The van der Waals surface area contributed by atoms with Gasteiger partial charge in [0.1, 0.15) is 11.6 Å². The fourth-order valence-electron chi connectivity index (χ4n) is 5.59. The zero-order valence-corrected chi connectivity index (χ0v) is 23.9. The molecular weight excluding hydrogens is 560 g/mol. The van der Waals surface area contributed by atoms with E-state index in [1.807, 2.05) is 42.5 Å². The van der Waals surface area contributed by atoms with Crippen molar-refractivity contribution in [3.8, 4) is 16.9 Å². The van der Waals surface area contributed by atoms with E-state index in [4.69, 9.17) is 12.2 Å². The van der Waals surface area contributed by atoms with Crippen molar-refractivity contribution in [1.29, 1.82) is 0 Å². The van der Waals surface area contributed by atoms with Crippen molar-refractivity contribution in [2.75, 3.05) is 4.90 Å². The molecule has 0 aliphatic carbocycles. The number of aliphatic hydroxyl groups is 1. The van der Waals surface area contributed by atoms with Gasteiger partial charge in [-0.2, -0.15) is 0 Å². The molecule has 1 saturated heterocycles.